The molecule has 11 nitrogen and oxygen atoms in total. The van der Waals surface area contributed by atoms with Gasteiger partial charge in [-0.15, -0.1) is 0 Å². The van der Waals surface area contributed by atoms with E-state index in [9.17, 15) is 29.1 Å². The lowest BCUT2D eigenvalue weighted by Gasteiger charge is -2.23. The molecule has 0 aromatic heterocycles. The Hall–Kier alpha value is -4.41. The van der Waals surface area contributed by atoms with E-state index in [1.165, 1.54) is 6.92 Å². The number of aryl methyl sites for hydroxylation is 2. The molecule has 11 heteroatoms. The Bertz CT molecular complexity index is 1270. The number of hydrogen-bond acceptors (Lipinski definition) is 6. The molecule has 2 rings (SSSR count). The van der Waals surface area contributed by atoms with Gasteiger partial charge in [-0.3, -0.25) is 24.0 Å². The Kier molecular flexibility index (Phi) is 13.2. The third-order valence-corrected chi connectivity index (χ3v) is 7.12. The smallest absolute Gasteiger partial charge is 0.243 e. The molecule has 0 aliphatic carbocycles. The first-order chi connectivity index (χ1) is 20.2. The summed E-state index contributed by atoms with van der Waals surface area (Å²) in [6.45, 7) is 10.4. The first kappa shape index (κ1) is 34.8. The Morgan fingerprint density at radius 2 is 1.40 bits per heavy atom. The number of amides is 5. The van der Waals surface area contributed by atoms with Crippen molar-refractivity contribution in [2.24, 2.45) is 17.6 Å². The van der Waals surface area contributed by atoms with Crippen molar-refractivity contribution in [3.8, 4) is 5.75 Å². The number of primary amides is 1. The van der Waals surface area contributed by atoms with Crippen LogP contribution < -0.4 is 27.0 Å². The summed E-state index contributed by atoms with van der Waals surface area (Å²) < 4.78 is 0. The predicted molar refractivity (Wildman–Crippen MR) is 164 cm³/mol. The number of aromatic hydroxyl groups is 1. The standard InChI is InChI=1S/C32H45N5O6/c1-18(2)12-26(29(33)40)37-32(43)27(16-23-10-8-7-9-11-23)36-28(39)17-34-31(42)22(6)35-30(41)21(5)15-25-19(3)13-24(38)14-20(25)4/h7-11,13-14,18,21-22,26-27,38H,12,15-17H2,1-6H3,(H2,33,40)(H,34,42)(H,35,41)(H,36,39)(H,37,43)/t21-,22+,26-,27-/m0/s1. The molecule has 0 unspecified atom stereocenters. The van der Waals surface area contributed by atoms with Crippen molar-refractivity contribution in [2.75, 3.05) is 6.54 Å². The van der Waals surface area contributed by atoms with Crippen LogP contribution in [-0.2, 0) is 36.8 Å². The average Bonchev–Trinajstić information content (AvgIpc) is 2.92. The molecule has 2 aromatic carbocycles. The highest BCUT2D eigenvalue weighted by atomic mass is 16.3. The van der Waals surface area contributed by atoms with Gasteiger partial charge < -0.3 is 32.1 Å². The first-order valence-electron chi connectivity index (χ1n) is 14.5. The minimum Gasteiger partial charge on any atom is -0.508 e. The van der Waals surface area contributed by atoms with Gasteiger partial charge in [0, 0.05) is 12.3 Å². The van der Waals surface area contributed by atoms with E-state index in [1.54, 1.807) is 31.2 Å². The van der Waals surface area contributed by atoms with Gasteiger partial charge in [0.05, 0.1) is 6.54 Å². The van der Waals surface area contributed by atoms with Crippen LogP contribution in [0.3, 0.4) is 0 Å². The Morgan fingerprint density at radius 1 is 0.791 bits per heavy atom. The molecule has 234 valence electrons. The zero-order valence-electron chi connectivity index (χ0n) is 25.8. The van der Waals surface area contributed by atoms with Crippen LogP contribution in [0.2, 0.25) is 0 Å². The molecule has 2 aromatic rings. The number of benzene rings is 2. The third kappa shape index (κ3) is 11.4. The molecule has 0 heterocycles. The largest absolute Gasteiger partial charge is 0.508 e. The van der Waals surface area contributed by atoms with Gasteiger partial charge in [0.1, 0.15) is 23.9 Å². The number of carbonyl (C=O) groups excluding carboxylic acids is 5. The van der Waals surface area contributed by atoms with Gasteiger partial charge in [-0.1, -0.05) is 51.1 Å². The van der Waals surface area contributed by atoms with Crippen molar-refractivity contribution < 1.29 is 29.1 Å². The highest BCUT2D eigenvalue weighted by molar-refractivity contribution is 5.94. The van der Waals surface area contributed by atoms with Gasteiger partial charge in [-0.25, -0.2) is 0 Å². The van der Waals surface area contributed by atoms with E-state index in [0.29, 0.717) is 12.8 Å². The fourth-order valence-corrected chi connectivity index (χ4v) is 4.73. The van der Waals surface area contributed by atoms with Gasteiger partial charge in [-0.05, 0) is 73.9 Å². The topological polar surface area (TPSA) is 180 Å². The first-order valence-corrected chi connectivity index (χ1v) is 14.5. The SMILES string of the molecule is Cc1cc(O)cc(C)c1C[C@H](C)C(=O)N[C@H](C)C(=O)NCC(=O)N[C@@H](Cc1ccccc1)C(=O)N[C@@H](CC(C)C)C(N)=O. The summed E-state index contributed by atoms with van der Waals surface area (Å²) in [5.74, 6) is -2.93. The van der Waals surface area contributed by atoms with Gasteiger partial charge in [-0.2, -0.15) is 0 Å². The molecule has 43 heavy (non-hydrogen) atoms. The zero-order valence-corrected chi connectivity index (χ0v) is 25.8. The molecule has 0 saturated carbocycles. The highest BCUT2D eigenvalue weighted by Gasteiger charge is 2.27. The number of hydrogen-bond donors (Lipinski definition) is 6. The summed E-state index contributed by atoms with van der Waals surface area (Å²) in [4.78, 5) is 63.3. The lowest BCUT2D eigenvalue weighted by molar-refractivity contribution is -0.132. The third-order valence-electron chi connectivity index (χ3n) is 7.12. The Labute approximate surface area is 253 Å². The summed E-state index contributed by atoms with van der Waals surface area (Å²) in [6, 6.07) is 9.51. The molecule has 5 amide bonds. The van der Waals surface area contributed by atoms with Crippen molar-refractivity contribution in [2.45, 2.75) is 78.9 Å². The molecule has 0 fully saturated rings. The number of rotatable bonds is 15. The van der Waals surface area contributed by atoms with Gasteiger partial charge >= 0.3 is 0 Å². The van der Waals surface area contributed by atoms with Gasteiger partial charge in [0.15, 0.2) is 0 Å². The summed E-state index contributed by atoms with van der Waals surface area (Å²) >= 11 is 0. The molecule has 0 spiro atoms. The van der Waals surface area contributed by atoms with E-state index in [-0.39, 0.29) is 24.0 Å². The zero-order chi connectivity index (χ0) is 32.3. The summed E-state index contributed by atoms with van der Waals surface area (Å²) in [5, 5.41) is 20.2. The van der Waals surface area contributed by atoms with Crippen molar-refractivity contribution in [1.82, 2.24) is 21.3 Å². The second kappa shape index (κ2) is 16.3. The molecule has 0 bridgehead atoms. The molecule has 7 N–H and O–H groups in total. The molecule has 0 radical (unpaired) electrons. The van der Waals surface area contributed by atoms with Crippen LogP contribution in [0.25, 0.3) is 0 Å². The number of carbonyl (C=O) groups is 5. The fraction of sp³-hybridized carbons (Fsp3) is 0.469. The maximum absolute atomic E-state index is 13.1. The van der Waals surface area contributed by atoms with Crippen LogP contribution in [0.4, 0.5) is 0 Å². The highest BCUT2D eigenvalue weighted by Crippen LogP contribution is 2.23. The minimum atomic E-state index is -1.02. The molecule has 0 aliphatic rings. The Morgan fingerprint density at radius 3 is 1.95 bits per heavy atom. The second-order valence-electron chi connectivity index (χ2n) is 11.5. The number of nitrogens with two attached hydrogens (primary N) is 1. The van der Waals surface area contributed by atoms with E-state index in [0.717, 1.165) is 22.3 Å². The summed E-state index contributed by atoms with van der Waals surface area (Å²) in [6.07, 6.45) is 0.933. The predicted octanol–water partition coefficient (Wildman–Crippen LogP) is 1.55. The minimum absolute atomic E-state index is 0.0988. The van der Waals surface area contributed by atoms with Crippen LogP contribution >= 0.6 is 0 Å². The number of phenols is 1. The number of phenolic OH excluding ortho intramolecular Hbond substituents is 1. The van der Waals surface area contributed by atoms with Gasteiger partial charge in [0.25, 0.3) is 0 Å². The van der Waals surface area contributed by atoms with Gasteiger partial charge in [0.2, 0.25) is 29.5 Å². The summed E-state index contributed by atoms with van der Waals surface area (Å²) in [5.41, 5.74) is 8.97. The monoisotopic (exact) mass is 595 g/mol. The van der Waals surface area contributed by atoms with Crippen molar-refractivity contribution in [1.29, 1.82) is 0 Å². The maximum Gasteiger partial charge on any atom is 0.243 e. The van der Waals surface area contributed by atoms with Crippen LogP contribution in [0.1, 0.15) is 56.4 Å². The van der Waals surface area contributed by atoms with Crippen molar-refractivity contribution in [3.63, 3.8) is 0 Å². The van der Waals surface area contributed by atoms with Crippen LogP contribution in [0, 0.1) is 25.7 Å². The molecular weight excluding hydrogens is 550 g/mol. The molecular formula is C32H45N5O6. The average molecular weight is 596 g/mol. The lowest BCUT2D eigenvalue weighted by atomic mass is 9.92. The van der Waals surface area contributed by atoms with E-state index >= 15 is 0 Å². The molecule has 4 atom stereocenters. The fourth-order valence-electron chi connectivity index (χ4n) is 4.73. The Balaban J connectivity index is 1.97. The quantitative estimate of drug-likeness (QED) is 0.182. The number of nitrogens with one attached hydrogen (secondary N) is 4. The van der Waals surface area contributed by atoms with E-state index < -0.39 is 54.2 Å². The van der Waals surface area contributed by atoms with Crippen LogP contribution in [-0.4, -0.2) is 59.3 Å². The van der Waals surface area contributed by atoms with E-state index in [2.05, 4.69) is 21.3 Å². The van der Waals surface area contributed by atoms with E-state index in [1.807, 2.05) is 45.9 Å². The normalized spacial score (nSPS) is 13.7. The van der Waals surface area contributed by atoms with Crippen LogP contribution in [0.15, 0.2) is 42.5 Å². The molecule has 0 aliphatic heterocycles. The van der Waals surface area contributed by atoms with Crippen LogP contribution in [0.5, 0.6) is 5.75 Å². The van der Waals surface area contributed by atoms with Crippen molar-refractivity contribution >= 4 is 29.5 Å². The molecule has 0 saturated heterocycles. The lowest BCUT2D eigenvalue weighted by Crippen LogP contribution is -2.55. The second-order valence-corrected chi connectivity index (χ2v) is 11.5. The van der Waals surface area contributed by atoms with Crippen molar-refractivity contribution in [3.05, 3.63) is 64.7 Å². The van der Waals surface area contributed by atoms with E-state index in [4.69, 9.17) is 5.73 Å². The maximum atomic E-state index is 13.1. The summed E-state index contributed by atoms with van der Waals surface area (Å²) in [7, 11) is 0.